The molecule has 0 N–H and O–H groups in total. The van der Waals surface area contributed by atoms with E-state index in [9.17, 15) is 4.79 Å². The molecular weight excluding hydrogens is 138 g/mol. The lowest BCUT2D eigenvalue weighted by atomic mass is 9.99. The first-order valence-electron chi connectivity index (χ1n) is 3.96. The van der Waals surface area contributed by atoms with Gasteiger partial charge in [0.2, 0.25) is 0 Å². The summed E-state index contributed by atoms with van der Waals surface area (Å²) in [6.07, 6.45) is 4.07. The molecule has 11 heavy (non-hydrogen) atoms. The van der Waals surface area contributed by atoms with Crippen LogP contribution < -0.4 is 0 Å². The number of carbonyl (C=O) groups is 1. The van der Waals surface area contributed by atoms with Gasteiger partial charge in [0, 0.05) is 13.5 Å². The Kier molecular flexibility index (Phi) is 2.58. The Balaban J connectivity index is 2.89. The first kappa shape index (κ1) is 8.18. The van der Waals surface area contributed by atoms with Crippen LogP contribution in [0.5, 0.6) is 0 Å². The predicted octanol–water partition coefficient (Wildman–Crippen LogP) is 1.76. The molecule has 0 bridgehead atoms. The molecule has 0 aliphatic carbocycles. The summed E-state index contributed by atoms with van der Waals surface area (Å²) >= 11 is 0. The van der Waals surface area contributed by atoms with Crippen LogP contribution in [0.4, 0.5) is 0 Å². The molecule has 1 aliphatic rings. The average Bonchev–Trinajstić information content (AvgIpc) is 2.04. The molecule has 0 radical (unpaired) electrons. The third kappa shape index (κ3) is 1.76. The summed E-state index contributed by atoms with van der Waals surface area (Å²) in [4.78, 5) is 15.2. The molecule has 60 valence electrons. The summed E-state index contributed by atoms with van der Waals surface area (Å²) in [6, 6.07) is 0. The lowest BCUT2D eigenvalue weighted by Crippen LogP contribution is -2.17. The van der Waals surface area contributed by atoms with Crippen LogP contribution in [-0.2, 0) is 4.79 Å². The molecule has 0 spiro atoms. The maximum Gasteiger partial charge on any atom is 0.177 e. The Morgan fingerprint density at radius 3 is 2.82 bits per heavy atom. The fourth-order valence-electron chi connectivity index (χ4n) is 1.30. The Labute approximate surface area is 67.0 Å². The van der Waals surface area contributed by atoms with E-state index in [2.05, 4.69) is 4.99 Å². The molecule has 0 aromatic heterocycles. The van der Waals surface area contributed by atoms with Crippen LogP contribution in [0.2, 0.25) is 0 Å². The van der Waals surface area contributed by atoms with Gasteiger partial charge in [0.15, 0.2) is 5.78 Å². The number of hydrogen-bond donors (Lipinski definition) is 0. The lowest BCUT2D eigenvalue weighted by Gasteiger charge is -2.12. The summed E-state index contributed by atoms with van der Waals surface area (Å²) in [6.45, 7) is 4.35. The molecule has 0 amide bonds. The largest absolute Gasteiger partial charge is 0.293 e. The van der Waals surface area contributed by atoms with Gasteiger partial charge < -0.3 is 0 Å². The summed E-state index contributed by atoms with van der Waals surface area (Å²) in [5.41, 5.74) is 1.81. The molecule has 2 heteroatoms. The minimum absolute atomic E-state index is 0.0952. The van der Waals surface area contributed by atoms with E-state index in [0.29, 0.717) is 5.71 Å². The number of carbonyl (C=O) groups excluding carboxylic acids is 1. The van der Waals surface area contributed by atoms with Gasteiger partial charge in [0.1, 0.15) is 5.71 Å². The van der Waals surface area contributed by atoms with Gasteiger partial charge in [-0.1, -0.05) is 6.08 Å². The molecule has 1 rings (SSSR count). The standard InChI is InChI=1S/C9H13NO/c1-3-8-5-4-6-10-9(8)7(2)11/h3H,4-6H2,1-2H3/b8-3-. The quantitative estimate of drug-likeness (QED) is 0.561. The SMILES string of the molecule is C/C=C1/CCCN=C1C(C)=O. The van der Waals surface area contributed by atoms with Crippen LogP contribution in [0.1, 0.15) is 26.7 Å². The Morgan fingerprint density at radius 1 is 1.64 bits per heavy atom. The van der Waals surface area contributed by atoms with Crippen LogP contribution in [0.3, 0.4) is 0 Å². The van der Waals surface area contributed by atoms with Crippen molar-refractivity contribution in [3.05, 3.63) is 11.6 Å². The molecule has 0 aromatic rings. The predicted molar refractivity (Wildman–Crippen MR) is 46.0 cm³/mol. The van der Waals surface area contributed by atoms with E-state index in [-0.39, 0.29) is 5.78 Å². The monoisotopic (exact) mass is 151 g/mol. The zero-order valence-electron chi connectivity index (χ0n) is 7.05. The summed E-state index contributed by atoms with van der Waals surface area (Å²) in [7, 11) is 0. The highest BCUT2D eigenvalue weighted by Crippen LogP contribution is 2.13. The van der Waals surface area contributed by atoms with E-state index in [1.807, 2.05) is 13.0 Å². The van der Waals surface area contributed by atoms with Crippen LogP contribution in [0.15, 0.2) is 16.6 Å². The van der Waals surface area contributed by atoms with E-state index >= 15 is 0 Å². The minimum atomic E-state index is 0.0952. The highest BCUT2D eigenvalue weighted by atomic mass is 16.1. The van der Waals surface area contributed by atoms with Gasteiger partial charge in [-0.2, -0.15) is 0 Å². The molecule has 2 nitrogen and oxygen atoms in total. The van der Waals surface area contributed by atoms with E-state index in [1.165, 1.54) is 0 Å². The Hall–Kier alpha value is -0.920. The molecule has 0 atom stereocenters. The number of rotatable bonds is 1. The smallest absolute Gasteiger partial charge is 0.177 e. The van der Waals surface area contributed by atoms with Crippen LogP contribution >= 0.6 is 0 Å². The summed E-state index contributed by atoms with van der Waals surface area (Å²) < 4.78 is 0. The first-order valence-corrected chi connectivity index (χ1v) is 3.96. The van der Waals surface area contributed by atoms with Crippen molar-refractivity contribution >= 4 is 11.5 Å². The Bertz CT molecular complexity index is 226. The van der Waals surface area contributed by atoms with Gasteiger partial charge in [-0.15, -0.1) is 0 Å². The molecule has 1 aliphatic heterocycles. The van der Waals surface area contributed by atoms with Crippen LogP contribution in [0.25, 0.3) is 0 Å². The summed E-state index contributed by atoms with van der Waals surface area (Å²) in [5.74, 6) is 0.0952. The van der Waals surface area contributed by atoms with Crippen molar-refractivity contribution in [2.75, 3.05) is 6.54 Å². The Morgan fingerprint density at radius 2 is 2.36 bits per heavy atom. The molecule has 1 heterocycles. The topological polar surface area (TPSA) is 29.4 Å². The lowest BCUT2D eigenvalue weighted by molar-refractivity contribution is -0.111. The van der Waals surface area contributed by atoms with Gasteiger partial charge in [-0.25, -0.2) is 0 Å². The van der Waals surface area contributed by atoms with Crippen molar-refractivity contribution in [3.63, 3.8) is 0 Å². The molecule has 0 unspecified atom stereocenters. The first-order chi connectivity index (χ1) is 5.25. The third-order valence-corrected chi connectivity index (χ3v) is 1.86. The maximum absolute atomic E-state index is 11.0. The van der Waals surface area contributed by atoms with Gasteiger partial charge in [-0.3, -0.25) is 9.79 Å². The summed E-state index contributed by atoms with van der Waals surface area (Å²) in [5, 5.41) is 0. The number of Topliss-reactive ketones (excluding diaryl/α,β-unsaturated/α-hetero) is 1. The average molecular weight is 151 g/mol. The highest BCUT2D eigenvalue weighted by Gasteiger charge is 2.14. The van der Waals surface area contributed by atoms with Crippen molar-refractivity contribution in [2.24, 2.45) is 4.99 Å². The van der Waals surface area contributed by atoms with E-state index in [0.717, 1.165) is 25.0 Å². The number of aliphatic imine (C=N–C) groups is 1. The van der Waals surface area contributed by atoms with E-state index in [4.69, 9.17) is 0 Å². The van der Waals surface area contributed by atoms with Crippen molar-refractivity contribution in [2.45, 2.75) is 26.7 Å². The van der Waals surface area contributed by atoms with Gasteiger partial charge in [0.05, 0.1) is 0 Å². The maximum atomic E-state index is 11.0. The fraction of sp³-hybridized carbons (Fsp3) is 0.556. The second kappa shape index (κ2) is 3.46. The second-order valence-electron chi connectivity index (χ2n) is 2.70. The van der Waals surface area contributed by atoms with Crippen molar-refractivity contribution in [3.8, 4) is 0 Å². The van der Waals surface area contributed by atoms with Crippen molar-refractivity contribution < 1.29 is 4.79 Å². The molecule has 0 saturated heterocycles. The minimum Gasteiger partial charge on any atom is -0.293 e. The van der Waals surface area contributed by atoms with Crippen LogP contribution in [-0.4, -0.2) is 18.0 Å². The molecule has 0 saturated carbocycles. The highest BCUT2D eigenvalue weighted by molar-refractivity contribution is 6.45. The molecule has 0 aromatic carbocycles. The van der Waals surface area contributed by atoms with Gasteiger partial charge in [-0.05, 0) is 25.3 Å². The van der Waals surface area contributed by atoms with Crippen molar-refractivity contribution in [1.82, 2.24) is 0 Å². The number of nitrogens with zero attached hydrogens (tertiary/aromatic N) is 1. The van der Waals surface area contributed by atoms with Crippen LogP contribution in [0, 0.1) is 0 Å². The zero-order valence-corrected chi connectivity index (χ0v) is 7.05. The van der Waals surface area contributed by atoms with Crippen molar-refractivity contribution in [1.29, 1.82) is 0 Å². The molecule has 0 fully saturated rings. The molecular formula is C9H13NO. The third-order valence-electron chi connectivity index (χ3n) is 1.86. The number of allylic oxidation sites excluding steroid dienone is 2. The van der Waals surface area contributed by atoms with E-state index < -0.39 is 0 Å². The second-order valence-corrected chi connectivity index (χ2v) is 2.70. The van der Waals surface area contributed by atoms with E-state index in [1.54, 1.807) is 6.92 Å². The number of hydrogen-bond acceptors (Lipinski definition) is 2. The number of ketones is 1. The fourth-order valence-corrected chi connectivity index (χ4v) is 1.30. The normalized spacial score (nSPS) is 21.6. The van der Waals surface area contributed by atoms with Gasteiger partial charge >= 0.3 is 0 Å². The zero-order chi connectivity index (χ0) is 8.27. The van der Waals surface area contributed by atoms with Gasteiger partial charge in [0.25, 0.3) is 0 Å².